The van der Waals surface area contributed by atoms with Crippen LogP contribution in [-0.4, -0.2) is 12.1 Å². The standard InChI is InChI=1S/C14H31N/c1-8-12(3)10-14(7,9-2)11-15-13(4,5)6/h12,15H,8-11H2,1-7H3. The highest BCUT2D eigenvalue weighted by atomic mass is 15.0. The lowest BCUT2D eigenvalue weighted by Crippen LogP contribution is -2.43. The van der Waals surface area contributed by atoms with Gasteiger partial charge in [-0.05, 0) is 44.9 Å². The molecule has 2 atom stereocenters. The highest BCUT2D eigenvalue weighted by molar-refractivity contribution is 4.81. The molecule has 0 bridgehead atoms. The van der Waals surface area contributed by atoms with Crippen molar-refractivity contribution < 1.29 is 0 Å². The number of nitrogens with one attached hydrogen (secondary N) is 1. The molecule has 2 unspecified atom stereocenters. The van der Waals surface area contributed by atoms with Crippen molar-refractivity contribution in [3.63, 3.8) is 0 Å². The molecule has 0 aliphatic carbocycles. The van der Waals surface area contributed by atoms with Crippen LogP contribution < -0.4 is 5.32 Å². The van der Waals surface area contributed by atoms with Crippen LogP contribution in [0.5, 0.6) is 0 Å². The third-order valence-electron chi connectivity index (χ3n) is 3.44. The molecule has 1 nitrogen and oxygen atoms in total. The molecule has 1 heteroatoms. The zero-order valence-electron chi connectivity index (χ0n) is 11.9. The van der Waals surface area contributed by atoms with Gasteiger partial charge >= 0.3 is 0 Å². The van der Waals surface area contributed by atoms with E-state index in [-0.39, 0.29) is 5.54 Å². The molecule has 0 spiro atoms. The van der Waals surface area contributed by atoms with Crippen LogP contribution in [0.1, 0.15) is 67.7 Å². The molecule has 0 aliphatic heterocycles. The molecule has 0 aromatic heterocycles. The number of hydrogen-bond acceptors (Lipinski definition) is 1. The monoisotopic (exact) mass is 213 g/mol. The summed E-state index contributed by atoms with van der Waals surface area (Å²) in [5.74, 6) is 0.844. The summed E-state index contributed by atoms with van der Waals surface area (Å²) in [6.45, 7) is 17.2. The summed E-state index contributed by atoms with van der Waals surface area (Å²) in [5, 5.41) is 3.64. The van der Waals surface area contributed by atoms with E-state index in [1.165, 1.54) is 19.3 Å². The first-order chi connectivity index (χ1) is 6.72. The van der Waals surface area contributed by atoms with Crippen molar-refractivity contribution in [2.24, 2.45) is 11.3 Å². The maximum Gasteiger partial charge on any atom is 0.00967 e. The van der Waals surface area contributed by atoms with Crippen molar-refractivity contribution in [2.45, 2.75) is 73.3 Å². The molecule has 0 aliphatic rings. The number of hydrogen-bond donors (Lipinski definition) is 1. The average molecular weight is 213 g/mol. The predicted molar refractivity (Wildman–Crippen MR) is 70.2 cm³/mol. The molecule has 0 rings (SSSR count). The SMILES string of the molecule is CCC(C)CC(C)(CC)CNC(C)(C)C. The van der Waals surface area contributed by atoms with Crippen LogP contribution in [0.25, 0.3) is 0 Å². The van der Waals surface area contributed by atoms with Gasteiger partial charge in [-0.15, -0.1) is 0 Å². The fourth-order valence-electron chi connectivity index (χ4n) is 1.81. The third-order valence-corrected chi connectivity index (χ3v) is 3.44. The Morgan fingerprint density at radius 3 is 1.93 bits per heavy atom. The van der Waals surface area contributed by atoms with Crippen molar-refractivity contribution in [2.75, 3.05) is 6.54 Å². The van der Waals surface area contributed by atoms with Gasteiger partial charge in [0.1, 0.15) is 0 Å². The Hall–Kier alpha value is -0.0400. The molecule has 0 heterocycles. The molecule has 0 aromatic rings. The van der Waals surface area contributed by atoms with Gasteiger partial charge in [-0.2, -0.15) is 0 Å². The summed E-state index contributed by atoms with van der Waals surface area (Å²) in [7, 11) is 0. The highest BCUT2D eigenvalue weighted by Gasteiger charge is 2.25. The largest absolute Gasteiger partial charge is 0.312 e. The first-order valence-electron chi connectivity index (χ1n) is 6.47. The molecule has 0 aromatic carbocycles. The van der Waals surface area contributed by atoms with Gasteiger partial charge in [0.15, 0.2) is 0 Å². The summed E-state index contributed by atoms with van der Waals surface area (Å²) in [5.41, 5.74) is 0.703. The van der Waals surface area contributed by atoms with Crippen LogP contribution in [0, 0.1) is 11.3 Å². The van der Waals surface area contributed by atoms with E-state index in [0.29, 0.717) is 5.41 Å². The quantitative estimate of drug-likeness (QED) is 0.696. The Bertz CT molecular complexity index is 169. The van der Waals surface area contributed by atoms with Crippen LogP contribution in [0.3, 0.4) is 0 Å². The van der Waals surface area contributed by atoms with Gasteiger partial charge in [0.25, 0.3) is 0 Å². The average Bonchev–Trinajstić information content (AvgIpc) is 2.14. The van der Waals surface area contributed by atoms with Gasteiger partial charge in [-0.3, -0.25) is 0 Å². The Morgan fingerprint density at radius 2 is 1.60 bits per heavy atom. The topological polar surface area (TPSA) is 12.0 Å². The zero-order chi connectivity index (χ0) is 12.1. The second kappa shape index (κ2) is 5.89. The van der Waals surface area contributed by atoms with E-state index in [9.17, 15) is 0 Å². The lowest BCUT2D eigenvalue weighted by molar-refractivity contribution is 0.204. The fourth-order valence-corrected chi connectivity index (χ4v) is 1.81. The Labute approximate surface area is 97.0 Å². The van der Waals surface area contributed by atoms with Crippen molar-refractivity contribution in [1.82, 2.24) is 5.32 Å². The van der Waals surface area contributed by atoms with Crippen molar-refractivity contribution in [1.29, 1.82) is 0 Å². The summed E-state index contributed by atoms with van der Waals surface area (Å²) < 4.78 is 0. The van der Waals surface area contributed by atoms with Gasteiger partial charge in [-0.25, -0.2) is 0 Å². The Morgan fingerprint density at radius 1 is 1.07 bits per heavy atom. The molecular weight excluding hydrogens is 182 g/mol. The van der Waals surface area contributed by atoms with Crippen LogP contribution >= 0.6 is 0 Å². The van der Waals surface area contributed by atoms with Crippen LogP contribution in [0.15, 0.2) is 0 Å². The molecule has 0 saturated carbocycles. The summed E-state index contributed by atoms with van der Waals surface area (Å²) >= 11 is 0. The molecule has 0 fully saturated rings. The second-order valence-electron chi connectivity index (χ2n) is 6.49. The van der Waals surface area contributed by atoms with E-state index in [1.807, 2.05) is 0 Å². The Balaban J connectivity index is 4.19. The first-order valence-corrected chi connectivity index (χ1v) is 6.47. The number of rotatable bonds is 6. The lowest BCUT2D eigenvalue weighted by Gasteiger charge is -2.34. The van der Waals surface area contributed by atoms with Crippen molar-refractivity contribution in [3.8, 4) is 0 Å². The lowest BCUT2D eigenvalue weighted by atomic mass is 9.78. The smallest absolute Gasteiger partial charge is 0.00967 e. The van der Waals surface area contributed by atoms with Crippen LogP contribution in [0.4, 0.5) is 0 Å². The first kappa shape index (κ1) is 15.0. The molecular formula is C14H31N. The second-order valence-corrected chi connectivity index (χ2v) is 6.49. The summed E-state index contributed by atoms with van der Waals surface area (Å²) in [6.07, 6.45) is 3.90. The molecule has 1 N–H and O–H groups in total. The van der Waals surface area contributed by atoms with E-state index < -0.39 is 0 Å². The summed E-state index contributed by atoms with van der Waals surface area (Å²) in [4.78, 5) is 0. The van der Waals surface area contributed by atoms with Crippen LogP contribution in [-0.2, 0) is 0 Å². The van der Waals surface area contributed by atoms with Gasteiger partial charge < -0.3 is 5.32 Å². The normalized spacial score (nSPS) is 18.6. The van der Waals surface area contributed by atoms with Crippen molar-refractivity contribution >= 4 is 0 Å². The third kappa shape index (κ3) is 6.94. The maximum absolute atomic E-state index is 3.64. The minimum absolute atomic E-state index is 0.242. The molecule has 15 heavy (non-hydrogen) atoms. The molecule has 92 valence electrons. The van der Waals surface area contributed by atoms with Gasteiger partial charge in [0, 0.05) is 12.1 Å². The van der Waals surface area contributed by atoms with E-state index in [0.717, 1.165) is 12.5 Å². The minimum Gasteiger partial charge on any atom is -0.312 e. The van der Waals surface area contributed by atoms with E-state index in [4.69, 9.17) is 0 Å². The fraction of sp³-hybridized carbons (Fsp3) is 1.00. The Kier molecular flexibility index (Phi) is 5.87. The summed E-state index contributed by atoms with van der Waals surface area (Å²) in [6, 6.07) is 0. The van der Waals surface area contributed by atoms with Crippen molar-refractivity contribution in [3.05, 3.63) is 0 Å². The van der Waals surface area contributed by atoms with E-state index >= 15 is 0 Å². The van der Waals surface area contributed by atoms with Gasteiger partial charge in [0.2, 0.25) is 0 Å². The maximum atomic E-state index is 3.64. The zero-order valence-corrected chi connectivity index (χ0v) is 11.9. The van der Waals surface area contributed by atoms with Crippen LogP contribution in [0.2, 0.25) is 0 Å². The minimum atomic E-state index is 0.242. The van der Waals surface area contributed by atoms with E-state index in [1.54, 1.807) is 0 Å². The van der Waals surface area contributed by atoms with E-state index in [2.05, 4.69) is 53.8 Å². The predicted octanol–water partition coefficient (Wildman–Crippen LogP) is 4.23. The van der Waals surface area contributed by atoms with Gasteiger partial charge in [-0.1, -0.05) is 34.1 Å². The van der Waals surface area contributed by atoms with Gasteiger partial charge in [0.05, 0.1) is 0 Å². The highest BCUT2D eigenvalue weighted by Crippen LogP contribution is 2.30. The molecule has 0 radical (unpaired) electrons. The molecule has 0 saturated heterocycles. The molecule has 0 amide bonds.